The van der Waals surface area contributed by atoms with Gasteiger partial charge in [-0.15, -0.1) is 0 Å². The lowest BCUT2D eigenvalue weighted by atomic mass is 9.81. The molecule has 0 amide bonds. The number of hydrogen-bond donors (Lipinski definition) is 1. The summed E-state index contributed by atoms with van der Waals surface area (Å²) in [6, 6.07) is 59.5. The first-order chi connectivity index (χ1) is 28.5. The first kappa shape index (κ1) is 34.2. The number of nitrogens with zero attached hydrogens (tertiary/aromatic N) is 3. The van der Waals surface area contributed by atoms with Crippen LogP contribution in [-0.2, 0) is 5.41 Å². The molecule has 1 N–H and O–H groups in total. The third-order valence-corrected chi connectivity index (χ3v) is 12.3. The average Bonchev–Trinajstić information content (AvgIpc) is 3.75. The highest BCUT2D eigenvalue weighted by Crippen LogP contribution is 2.49. The van der Waals surface area contributed by atoms with Crippen molar-refractivity contribution in [1.82, 2.24) is 9.88 Å². The Hall–Kier alpha value is -7.04. The number of amidine groups is 2. The first-order valence-corrected chi connectivity index (χ1v) is 20.3. The molecule has 0 radical (unpaired) electrons. The molecule has 7 aromatic carbocycles. The molecule has 2 aliphatic carbocycles. The largest absolute Gasteiger partial charge is 0.344 e. The molecule has 278 valence electrons. The van der Waals surface area contributed by atoms with Gasteiger partial charge in [0, 0.05) is 38.6 Å². The van der Waals surface area contributed by atoms with Crippen LogP contribution in [0.15, 0.2) is 198 Å². The molecule has 8 aromatic rings. The molecule has 1 aliphatic heterocycles. The number of aromatic nitrogens is 1. The topological polar surface area (TPSA) is 41.7 Å². The summed E-state index contributed by atoms with van der Waals surface area (Å²) in [5, 5.41) is 6.13. The third kappa shape index (κ3) is 5.59. The van der Waals surface area contributed by atoms with Crippen molar-refractivity contribution in [2.75, 3.05) is 0 Å². The van der Waals surface area contributed by atoms with Crippen LogP contribution in [0.25, 0.3) is 60.9 Å². The van der Waals surface area contributed by atoms with Crippen molar-refractivity contribution in [2.45, 2.75) is 38.3 Å². The molecule has 1 aromatic heterocycles. The number of fused-ring (bicyclic) bond motifs is 6. The molecule has 4 nitrogen and oxygen atoms in total. The van der Waals surface area contributed by atoms with Crippen LogP contribution in [0.3, 0.4) is 0 Å². The molecule has 0 saturated heterocycles. The van der Waals surface area contributed by atoms with Crippen molar-refractivity contribution < 1.29 is 0 Å². The highest BCUT2D eigenvalue weighted by molar-refractivity contribution is 6.15. The van der Waals surface area contributed by atoms with Gasteiger partial charge >= 0.3 is 0 Å². The van der Waals surface area contributed by atoms with Gasteiger partial charge in [-0.25, -0.2) is 9.98 Å². The fourth-order valence-electron chi connectivity index (χ4n) is 9.33. The number of aliphatic imine (C=N–C) groups is 2. The van der Waals surface area contributed by atoms with Crippen molar-refractivity contribution in [3.8, 4) is 39.1 Å². The van der Waals surface area contributed by atoms with Crippen LogP contribution in [0.2, 0.25) is 0 Å². The zero-order valence-corrected chi connectivity index (χ0v) is 32.7. The molecule has 11 rings (SSSR count). The van der Waals surface area contributed by atoms with Gasteiger partial charge in [-0.05, 0) is 93.8 Å². The minimum Gasteiger partial charge on any atom is -0.344 e. The highest BCUT2D eigenvalue weighted by Gasteiger charge is 2.35. The van der Waals surface area contributed by atoms with Crippen LogP contribution in [0.1, 0.15) is 48.9 Å². The summed E-state index contributed by atoms with van der Waals surface area (Å²) in [6.07, 6.45) is 8.60. The zero-order chi connectivity index (χ0) is 38.8. The monoisotopic (exact) mass is 746 g/mol. The summed E-state index contributed by atoms with van der Waals surface area (Å²) in [5.74, 6) is 1.57. The molecule has 0 saturated carbocycles. The van der Waals surface area contributed by atoms with Crippen LogP contribution in [-0.4, -0.2) is 22.4 Å². The lowest BCUT2D eigenvalue weighted by molar-refractivity contribution is 0.660. The number of nitrogens with one attached hydrogen (secondary N) is 1. The molecule has 4 heteroatoms. The Balaban J connectivity index is 0.968. The van der Waals surface area contributed by atoms with Gasteiger partial charge in [0.05, 0.1) is 11.0 Å². The third-order valence-electron chi connectivity index (χ3n) is 12.3. The van der Waals surface area contributed by atoms with Gasteiger partial charge in [-0.3, -0.25) is 0 Å². The van der Waals surface area contributed by atoms with Gasteiger partial charge in [0.25, 0.3) is 0 Å². The van der Waals surface area contributed by atoms with E-state index in [1.807, 2.05) is 18.2 Å². The summed E-state index contributed by atoms with van der Waals surface area (Å²) >= 11 is 0. The summed E-state index contributed by atoms with van der Waals surface area (Å²) < 4.78 is 2.42. The summed E-state index contributed by atoms with van der Waals surface area (Å²) in [4.78, 5) is 10.1. The Kier molecular flexibility index (Phi) is 8.01. The Morgan fingerprint density at radius 1 is 0.569 bits per heavy atom. The molecule has 0 fully saturated rings. The van der Waals surface area contributed by atoms with Crippen molar-refractivity contribution in [2.24, 2.45) is 9.98 Å². The highest BCUT2D eigenvalue weighted by atomic mass is 15.2. The number of para-hydroxylation sites is 2. The van der Waals surface area contributed by atoms with E-state index in [0.29, 0.717) is 0 Å². The molecule has 0 bridgehead atoms. The van der Waals surface area contributed by atoms with Gasteiger partial charge in [-0.1, -0.05) is 159 Å². The van der Waals surface area contributed by atoms with E-state index in [-0.39, 0.29) is 11.6 Å². The summed E-state index contributed by atoms with van der Waals surface area (Å²) in [6.45, 7) is 4.69. The number of rotatable bonds is 6. The number of benzene rings is 7. The van der Waals surface area contributed by atoms with Crippen LogP contribution < -0.4 is 5.32 Å². The van der Waals surface area contributed by atoms with Crippen LogP contribution >= 0.6 is 0 Å². The van der Waals surface area contributed by atoms with Gasteiger partial charge in [-0.2, -0.15) is 0 Å². The van der Waals surface area contributed by atoms with Gasteiger partial charge in [0.1, 0.15) is 12.0 Å². The van der Waals surface area contributed by atoms with E-state index in [0.717, 1.165) is 41.3 Å². The average molecular weight is 747 g/mol. The zero-order valence-electron chi connectivity index (χ0n) is 32.7. The molecular weight excluding hydrogens is 705 g/mol. The maximum Gasteiger partial charge on any atom is 0.159 e. The van der Waals surface area contributed by atoms with Crippen molar-refractivity contribution in [3.63, 3.8) is 0 Å². The van der Waals surface area contributed by atoms with Crippen molar-refractivity contribution in [1.29, 1.82) is 0 Å². The lowest BCUT2D eigenvalue weighted by Gasteiger charge is -2.25. The maximum atomic E-state index is 5.07. The van der Waals surface area contributed by atoms with E-state index in [1.165, 1.54) is 71.9 Å². The molecule has 2 heterocycles. The maximum absolute atomic E-state index is 5.07. The minimum absolute atomic E-state index is 0.0321. The number of allylic oxidation sites excluding steroid dienone is 2. The SMILES string of the molecule is CC1(C)c2ccccc2-c2ccc(-c3ccc(-c4cccc5c6ccccc6n(-c6ccc(C7=NC(c8ccccc8)=NC(C8=CCCC=C8)N7)cc6)c45)cc3)cc21. The Morgan fingerprint density at radius 3 is 2.09 bits per heavy atom. The molecule has 0 spiro atoms. The summed E-state index contributed by atoms with van der Waals surface area (Å²) in [7, 11) is 0. The van der Waals surface area contributed by atoms with Gasteiger partial charge < -0.3 is 9.88 Å². The Labute approximate surface area is 339 Å². The standard InChI is InChI=1S/C54H42N4/c1-54(2)47-22-11-9-18-43(47)44-33-30-40(34-48(44)54)35-24-26-36(27-25-35)42-20-13-21-46-45-19-10-12-23-49(45)58(50(42)46)41-31-28-39(29-32-41)53-56-51(37-14-5-3-6-15-37)55-52(57-53)38-16-7-4-8-17-38/h3,5-7,9-34,52H,4,8H2,1-2H3,(H,55,56,57). The van der Waals surface area contributed by atoms with Crippen LogP contribution in [0, 0.1) is 0 Å². The molecule has 1 unspecified atom stereocenters. The fourth-order valence-corrected chi connectivity index (χ4v) is 9.33. The second-order valence-electron chi connectivity index (χ2n) is 16.1. The predicted octanol–water partition coefficient (Wildman–Crippen LogP) is 12.8. The van der Waals surface area contributed by atoms with E-state index in [2.05, 4.69) is 188 Å². The van der Waals surface area contributed by atoms with Crippen LogP contribution in [0.4, 0.5) is 0 Å². The molecular formula is C54H42N4. The Morgan fingerprint density at radius 2 is 1.26 bits per heavy atom. The Bertz CT molecular complexity index is 3030. The minimum atomic E-state index is -0.197. The smallest absolute Gasteiger partial charge is 0.159 e. The quantitative estimate of drug-likeness (QED) is 0.181. The van der Waals surface area contributed by atoms with E-state index < -0.39 is 0 Å². The van der Waals surface area contributed by atoms with Gasteiger partial charge in [0.15, 0.2) is 5.84 Å². The van der Waals surface area contributed by atoms with E-state index in [9.17, 15) is 0 Å². The second kappa shape index (κ2) is 13.6. The fraction of sp³-hybridized carbons (Fsp3) is 0.111. The van der Waals surface area contributed by atoms with Gasteiger partial charge in [0.2, 0.25) is 0 Å². The van der Waals surface area contributed by atoms with E-state index >= 15 is 0 Å². The number of hydrogen-bond acceptors (Lipinski definition) is 3. The molecule has 58 heavy (non-hydrogen) atoms. The van der Waals surface area contributed by atoms with Crippen molar-refractivity contribution in [3.05, 3.63) is 210 Å². The van der Waals surface area contributed by atoms with Crippen LogP contribution in [0.5, 0.6) is 0 Å². The normalized spacial score (nSPS) is 16.7. The second-order valence-corrected chi connectivity index (χ2v) is 16.1. The first-order valence-electron chi connectivity index (χ1n) is 20.3. The summed E-state index contributed by atoms with van der Waals surface area (Å²) in [5.41, 5.74) is 17.0. The lowest BCUT2D eigenvalue weighted by Crippen LogP contribution is -2.40. The van der Waals surface area contributed by atoms with E-state index in [4.69, 9.17) is 9.98 Å². The molecule has 1 atom stereocenters. The van der Waals surface area contributed by atoms with E-state index in [1.54, 1.807) is 0 Å². The predicted molar refractivity (Wildman–Crippen MR) is 242 cm³/mol. The molecule has 3 aliphatic rings. The van der Waals surface area contributed by atoms with Crippen molar-refractivity contribution >= 4 is 33.5 Å².